The van der Waals surface area contributed by atoms with Crippen molar-refractivity contribution in [3.63, 3.8) is 0 Å². The number of aryl methyl sites for hydroxylation is 1. The quantitative estimate of drug-likeness (QED) is 0.785. The molecule has 0 N–H and O–H groups in total. The molecule has 6 nitrogen and oxygen atoms in total. The van der Waals surface area contributed by atoms with Crippen molar-refractivity contribution in [2.75, 3.05) is 7.11 Å². The molecule has 0 aliphatic heterocycles. The van der Waals surface area contributed by atoms with Gasteiger partial charge in [-0.05, 0) is 26.3 Å². The minimum atomic E-state index is -0.382. The first-order chi connectivity index (χ1) is 9.56. The second-order valence-corrected chi connectivity index (χ2v) is 4.81. The molecule has 2 heterocycles. The summed E-state index contributed by atoms with van der Waals surface area (Å²) in [5.41, 5.74) is 1.35. The van der Waals surface area contributed by atoms with Gasteiger partial charge in [0.1, 0.15) is 11.5 Å². The van der Waals surface area contributed by atoms with Gasteiger partial charge < -0.3 is 9.30 Å². The van der Waals surface area contributed by atoms with Gasteiger partial charge in [-0.3, -0.25) is 4.68 Å². The summed E-state index contributed by atoms with van der Waals surface area (Å²) >= 11 is 0. The molecule has 0 aliphatic rings. The summed E-state index contributed by atoms with van der Waals surface area (Å²) in [6.07, 6.45) is 4.53. The van der Waals surface area contributed by atoms with Crippen molar-refractivity contribution < 1.29 is 9.53 Å². The van der Waals surface area contributed by atoms with Crippen molar-refractivity contribution in [2.45, 2.75) is 39.8 Å². The first kappa shape index (κ1) is 14.3. The van der Waals surface area contributed by atoms with Gasteiger partial charge in [0.05, 0.1) is 25.5 Å². The SMILES string of the molecule is CCC(C)n1ccc(Cn2c(C(=O)OC)cnc2C)n1. The number of hydrogen-bond donors (Lipinski definition) is 0. The van der Waals surface area contributed by atoms with E-state index in [9.17, 15) is 4.79 Å². The van der Waals surface area contributed by atoms with E-state index in [-0.39, 0.29) is 5.97 Å². The van der Waals surface area contributed by atoms with Gasteiger partial charge >= 0.3 is 5.97 Å². The summed E-state index contributed by atoms with van der Waals surface area (Å²) in [5, 5.41) is 4.54. The Hall–Kier alpha value is -2.11. The van der Waals surface area contributed by atoms with E-state index in [2.05, 4.69) is 23.9 Å². The third-order valence-electron chi connectivity index (χ3n) is 3.48. The highest BCUT2D eigenvalue weighted by Crippen LogP contribution is 2.13. The lowest BCUT2D eigenvalue weighted by molar-refractivity contribution is 0.0588. The van der Waals surface area contributed by atoms with Gasteiger partial charge in [0.25, 0.3) is 0 Å². The van der Waals surface area contributed by atoms with Gasteiger partial charge in [-0.15, -0.1) is 0 Å². The minimum Gasteiger partial charge on any atom is -0.464 e. The minimum absolute atomic E-state index is 0.368. The molecule has 6 heteroatoms. The Morgan fingerprint density at radius 3 is 2.90 bits per heavy atom. The lowest BCUT2D eigenvalue weighted by Crippen LogP contribution is -2.13. The van der Waals surface area contributed by atoms with Crippen LogP contribution in [-0.2, 0) is 11.3 Å². The van der Waals surface area contributed by atoms with E-state index in [0.29, 0.717) is 18.3 Å². The maximum atomic E-state index is 11.7. The molecule has 0 spiro atoms. The number of imidazole rings is 1. The Bertz CT molecular complexity index is 600. The van der Waals surface area contributed by atoms with Crippen LogP contribution in [0.4, 0.5) is 0 Å². The van der Waals surface area contributed by atoms with Crippen LogP contribution >= 0.6 is 0 Å². The van der Waals surface area contributed by atoms with Crippen LogP contribution in [0, 0.1) is 6.92 Å². The van der Waals surface area contributed by atoms with Crippen molar-refractivity contribution >= 4 is 5.97 Å². The van der Waals surface area contributed by atoms with E-state index >= 15 is 0 Å². The van der Waals surface area contributed by atoms with Crippen LogP contribution in [0.3, 0.4) is 0 Å². The molecule has 0 aliphatic carbocycles. The number of carbonyl (C=O) groups is 1. The van der Waals surface area contributed by atoms with Crippen molar-refractivity contribution in [3.05, 3.63) is 35.7 Å². The number of carbonyl (C=O) groups excluding carboxylic acids is 1. The molecule has 0 saturated heterocycles. The van der Waals surface area contributed by atoms with Gasteiger partial charge in [-0.1, -0.05) is 6.92 Å². The van der Waals surface area contributed by atoms with E-state index in [4.69, 9.17) is 4.74 Å². The highest BCUT2D eigenvalue weighted by molar-refractivity contribution is 5.87. The Kier molecular flexibility index (Phi) is 4.22. The summed E-state index contributed by atoms with van der Waals surface area (Å²) in [7, 11) is 1.37. The molecule has 108 valence electrons. The van der Waals surface area contributed by atoms with Crippen molar-refractivity contribution in [1.29, 1.82) is 0 Å². The highest BCUT2D eigenvalue weighted by atomic mass is 16.5. The summed E-state index contributed by atoms with van der Waals surface area (Å²) in [4.78, 5) is 15.9. The Balaban J connectivity index is 2.24. The molecule has 1 atom stereocenters. The summed E-state index contributed by atoms with van der Waals surface area (Å²) in [5.74, 6) is 0.385. The topological polar surface area (TPSA) is 61.9 Å². The van der Waals surface area contributed by atoms with Crippen LogP contribution in [0.1, 0.15) is 48.3 Å². The first-order valence-electron chi connectivity index (χ1n) is 6.71. The zero-order valence-electron chi connectivity index (χ0n) is 12.3. The van der Waals surface area contributed by atoms with Crippen molar-refractivity contribution in [1.82, 2.24) is 19.3 Å². The first-order valence-corrected chi connectivity index (χ1v) is 6.71. The van der Waals surface area contributed by atoms with Crippen LogP contribution < -0.4 is 0 Å². The van der Waals surface area contributed by atoms with Crippen molar-refractivity contribution in [3.8, 4) is 0 Å². The number of esters is 1. The predicted octanol–water partition coefficient (Wildman–Crippen LogP) is 2.19. The molecule has 0 fully saturated rings. The smallest absolute Gasteiger partial charge is 0.356 e. The molecule has 20 heavy (non-hydrogen) atoms. The van der Waals surface area contributed by atoms with E-state index in [1.54, 1.807) is 0 Å². The number of rotatable bonds is 5. The van der Waals surface area contributed by atoms with E-state index in [1.807, 2.05) is 28.4 Å². The number of methoxy groups -OCH3 is 1. The van der Waals surface area contributed by atoms with Gasteiger partial charge in [0.2, 0.25) is 0 Å². The standard InChI is InChI=1S/C14H20N4O2/c1-5-10(2)18-7-6-12(16-18)9-17-11(3)15-8-13(17)14(19)20-4/h6-8,10H,5,9H2,1-4H3. The average Bonchev–Trinajstić information content (AvgIpc) is 3.06. The maximum absolute atomic E-state index is 11.7. The van der Waals surface area contributed by atoms with Crippen molar-refractivity contribution in [2.24, 2.45) is 0 Å². The summed E-state index contributed by atoms with van der Waals surface area (Å²) in [6, 6.07) is 2.33. The molecular weight excluding hydrogens is 256 g/mol. The lowest BCUT2D eigenvalue weighted by atomic mass is 10.3. The molecular formula is C14H20N4O2. The number of hydrogen-bond acceptors (Lipinski definition) is 4. The summed E-state index contributed by atoms with van der Waals surface area (Å²) < 4.78 is 8.52. The van der Waals surface area contributed by atoms with Gasteiger partial charge in [0.15, 0.2) is 0 Å². The monoisotopic (exact) mass is 276 g/mol. The van der Waals surface area contributed by atoms with Crippen LogP contribution in [0.25, 0.3) is 0 Å². The Labute approximate surface area is 118 Å². The van der Waals surface area contributed by atoms with Crippen LogP contribution in [0.15, 0.2) is 18.5 Å². The van der Waals surface area contributed by atoms with Crippen LogP contribution in [-0.4, -0.2) is 32.4 Å². The molecule has 2 aromatic rings. The normalized spacial score (nSPS) is 12.4. The molecule has 2 rings (SSSR count). The Morgan fingerprint density at radius 1 is 1.50 bits per heavy atom. The zero-order chi connectivity index (χ0) is 14.7. The molecule has 0 radical (unpaired) electrons. The van der Waals surface area contributed by atoms with Gasteiger partial charge in [-0.2, -0.15) is 5.10 Å². The number of ether oxygens (including phenoxy) is 1. The van der Waals surface area contributed by atoms with Crippen LogP contribution in [0.2, 0.25) is 0 Å². The lowest BCUT2D eigenvalue weighted by Gasteiger charge is -2.09. The zero-order valence-corrected chi connectivity index (χ0v) is 12.3. The predicted molar refractivity (Wildman–Crippen MR) is 74.6 cm³/mol. The Morgan fingerprint density at radius 2 is 2.25 bits per heavy atom. The van der Waals surface area contributed by atoms with E-state index in [1.165, 1.54) is 13.3 Å². The molecule has 2 aromatic heterocycles. The van der Waals surface area contributed by atoms with Gasteiger partial charge in [0, 0.05) is 12.2 Å². The van der Waals surface area contributed by atoms with Gasteiger partial charge in [-0.25, -0.2) is 9.78 Å². The largest absolute Gasteiger partial charge is 0.464 e. The van der Waals surface area contributed by atoms with Crippen LogP contribution in [0.5, 0.6) is 0 Å². The molecule has 0 saturated carbocycles. The summed E-state index contributed by atoms with van der Waals surface area (Å²) in [6.45, 7) is 6.62. The molecule has 1 unspecified atom stereocenters. The second kappa shape index (κ2) is 5.90. The number of nitrogens with zero attached hydrogens (tertiary/aromatic N) is 4. The fraction of sp³-hybridized carbons (Fsp3) is 0.500. The second-order valence-electron chi connectivity index (χ2n) is 4.81. The van der Waals surface area contributed by atoms with E-state index in [0.717, 1.165) is 17.9 Å². The highest BCUT2D eigenvalue weighted by Gasteiger charge is 2.16. The molecule has 0 amide bonds. The number of aromatic nitrogens is 4. The molecule has 0 bridgehead atoms. The average molecular weight is 276 g/mol. The fourth-order valence-electron chi connectivity index (χ4n) is 1.99. The third-order valence-corrected chi connectivity index (χ3v) is 3.48. The van der Waals surface area contributed by atoms with E-state index < -0.39 is 0 Å². The third kappa shape index (κ3) is 2.74. The molecule has 0 aromatic carbocycles. The fourth-order valence-corrected chi connectivity index (χ4v) is 1.99. The maximum Gasteiger partial charge on any atom is 0.356 e.